The number of rotatable bonds is 2. The molecule has 1 amide bonds. The minimum atomic E-state index is 0.354. The lowest BCUT2D eigenvalue weighted by molar-refractivity contribution is -0.132. The molecule has 14 heavy (non-hydrogen) atoms. The Morgan fingerprint density at radius 3 is 2.14 bits per heavy atom. The SMILES string of the molecule is CCCC(=O)N1CCCCC1.COC. The fraction of sp³-hybridized carbons (Fsp3) is 0.909. The molecule has 3 heteroatoms. The molecule has 0 aromatic heterocycles. The highest BCUT2D eigenvalue weighted by molar-refractivity contribution is 5.76. The summed E-state index contributed by atoms with van der Waals surface area (Å²) in [6.07, 6.45) is 5.43. The lowest BCUT2D eigenvalue weighted by atomic mass is 10.1. The van der Waals surface area contributed by atoms with Gasteiger partial charge in [0, 0.05) is 33.7 Å². The van der Waals surface area contributed by atoms with Gasteiger partial charge >= 0.3 is 0 Å². The lowest BCUT2D eigenvalue weighted by Crippen LogP contribution is -2.35. The summed E-state index contributed by atoms with van der Waals surface area (Å²) in [4.78, 5) is 13.3. The van der Waals surface area contributed by atoms with Crippen LogP contribution in [0, 0.1) is 0 Å². The van der Waals surface area contributed by atoms with E-state index in [0.717, 1.165) is 25.9 Å². The zero-order valence-electron chi connectivity index (χ0n) is 9.71. The number of piperidine rings is 1. The van der Waals surface area contributed by atoms with E-state index >= 15 is 0 Å². The fourth-order valence-corrected chi connectivity index (χ4v) is 1.52. The summed E-state index contributed by atoms with van der Waals surface area (Å²) in [5.41, 5.74) is 0. The van der Waals surface area contributed by atoms with E-state index in [1.165, 1.54) is 19.3 Å². The molecular formula is C11H23NO2. The second-order valence-corrected chi connectivity index (χ2v) is 3.60. The van der Waals surface area contributed by atoms with Gasteiger partial charge in [-0.3, -0.25) is 4.79 Å². The molecule has 0 aromatic rings. The summed E-state index contributed by atoms with van der Waals surface area (Å²) < 4.78 is 4.25. The van der Waals surface area contributed by atoms with Crippen molar-refractivity contribution in [1.82, 2.24) is 4.90 Å². The Labute approximate surface area is 87.4 Å². The summed E-state index contributed by atoms with van der Waals surface area (Å²) >= 11 is 0. The number of likely N-dealkylation sites (tertiary alicyclic amines) is 1. The van der Waals surface area contributed by atoms with Crippen LogP contribution in [0.1, 0.15) is 39.0 Å². The molecule has 0 saturated carbocycles. The Morgan fingerprint density at radius 1 is 1.21 bits per heavy atom. The smallest absolute Gasteiger partial charge is 0.222 e. The van der Waals surface area contributed by atoms with E-state index in [9.17, 15) is 4.79 Å². The Bertz CT molecular complexity index is 142. The Balaban J connectivity index is 0.000000500. The van der Waals surface area contributed by atoms with Gasteiger partial charge in [-0.1, -0.05) is 6.92 Å². The fourth-order valence-electron chi connectivity index (χ4n) is 1.52. The summed E-state index contributed by atoms with van der Waals surface area (Å²) in [5.74, 6) is 0.354. The Hall–Kier alpha value is -0.570. The number of methoxy groups -OCH3 is 1. The van der Waals surface area contributed by atoms with Gasteiger partial charge in [-0.05, 0) is 25.7 Å². The number of hydrogen-bond donors (Lipinski definition) is 0. The molecule has 0 atom stereocenters. The molecule has 1 rings (SSSR count). The first-order chi connectivity index (χ1) is 6.76. The van der Waals surface area contributed by atoms with E-state index in [4.69, 9.17) is 0 Å². The zero-order valence-corrected chi connectivity index (χ0v) is 9.71. The minimum absolute atomic E-state index is 0.354. The molecular weight excluding hydrogens is 178 g/mol. The molecule has 0 unspecified atom stereocenters. The van der Waals surface area contributed by atoms with Crippen LogP contribution in [0.3, 0.4) is 0 Å². The van der Waals surface area contributed by atoms with Crippen molar-refractivity contribution in [3.63, 3.8) is 0 Å². The highest BCUT2D eigenvalue weighted by atomic mass is 16.4. The lowest BCUT2D eigenvalue weighted by Gasteiger charge is -2.26. The van der Waals surface area contributed by atoms with E-state index in [1.807, 2.05) is 4.90 Å². The normalized spacial score (nSPS) is 15.8. The second-order valence-electron chi connectivity index (χ2n) is 3.60. The van der Waals surface area contributed by atoms with E-state index in [-0.39, 0.29) is 0 Å². The van der Waals surface area contributed by atoms with Crippen LogP contribution >= 0.6 is 0 Å². The first-order valence-electron chi connectivity index (χ1n) is 5.44. The molecule has 1 fully saturated rings. The van der Waals surface area contributed by atoms with Crippen molar-refractivity contribution >= 4 is 5.91 Å². The predicted molar refractivity (Wildman–Crippen MR) is 58.3 cm³/mol. The standard InChI is InChI=1S/C9H17NO.C2H6O/c1-2-6-9(11)10-7-4-3-5-8-10;1-3-2/h2-8H2,1H3;1-2H3. The zero-order chi connectivity index (χ0) is 10.8. The van der Waals surface area contributed by atoms with Gasteiger partial charge in [-0.25, -0.2) is 0 Å². The number of carbonyl (C=O) groups is 1. The molecule has 0 spiro atoms. The Kier molecular flexibility index (Phi) is 8.64. The number of hydrogen-bond acceptors (Lipinski definition) is 2. The maximum Gasteiger partial charge on any atom is 0.222 e. The van der Waals surface area contributed by atoms with Gasteiger partial charge in [0.25, 0.3) is 0 Å². The number of amides is 1. The van der Waals surface area contributed by atoms with E-state index in [0.29, 0.717) is 5.91 Å². The molecule has 0 N–H and O–H groups in total. The maximum absolute atomic E-state index is 11.3. The molecule has 1 heterocycles. The molecule has 0 bridgehead atoms. The van der Waals surface area contributed by atoms with E-state index in [1.54, 1.807) is 14.2 Å². The summed E-state index contributed by atoms with van der Waals surface area (Å²) in [6, 6.07) is 0. The van der Waals surface area contributed by atoms with Crippen LogP contribution in [0.5, 0.6) is 0 Å². The first-order valence-corrected chi connectivity index (χ1v) is 5.44. The highest BCUT2D eigenvalue weighted by Crippen LogP contribution is 2.10. The van der Waals surface area contributed by atoms with E-state index < -0.39 is 0 Å². The van der Waals surface area contributed by atoms with Crippen molar-refractivity contribution < 1.29 is 9.53 Å². The Morgan fingerprint density at radius 2 is 1.71 bits per heavy atom. The number of ether oxygens (including phenoxy) is 1. The van der Waals surface area contributed by atoms with Crippen LogP contribution < -0.4 is 0 Å². The van der Waals surface area contributed by atoms with Gasteiger partial charge in [0.2, 0.25) is 5.91 Å². The third-order valence-corrected chi connectivity index (χ3v) is 2.17. The van der Waals surface area contributed by atoms with Gasteiger partial charge in [-0.15, -0.1) is 0 Å². The molecule has 0 radical (unpaired) electrons. The van der Waals surface area contributed by atoms with E-state index in [2.05, 4.69) is 11.7 Å². The van der Waals surface area contributed by atoms with Crippen molar-refractivity contribution in [1.29, 1.82) is 0 Å². The van der Waals surface area contributed by atoms with Crippen LogP contribution in [0.25, 0.3) is 0 Å². The van der Waals surface area contributed by atoms with Crippen LogP contribution in [0.2, 0.25) is 0 Å². The number of carbonyl (C=O) groups excluding carboxylic acids is 1. The van der Waals surface area contributed by atoms with Gasteiger partial charge in [0.1, 0.15) is 0 Å². The quantitative estimate of drug-likeness (QED) is 0.684. The molecule has 1 saturated heterocycles. The topological polar surface area (TPSA) is 29.5 Å². The minimum Gasteiger partial charge on any atom is -0.388 e. The summed E-state index contributed by atoms with van der Waals surface area (Å²) in [7, 11) is 3.25. The van der Waals surface area contributed by atoms with Crippen LogP contribution in [-0.4, -0.2) is 38.1 Å². The first kappa shape index (κ1) is 13.4. The molecule has 0 aromatic carbocycles. The van der Waals surface area contributed by atoms with Crippen molar-refractivity contribution in [3.8, 4) is 0 Å². The monoisotopic (exact) mass is 201 g/mol. The van der Waals surface area contributed by atoms with Crippen LogP contribution in [0.15, 0.2) is 0 Å². The van der Waals surface area contributed by atoms with Crippen LogP contribution in [0.4, 0.5) is 0 Å². The largest absolute Gasteiger partial charge is 0.388 e. The predicted octanol–water partition coefficient (Wildman–Crippen LogP) is 2.06. The molecule has 3 nitrogen and oxygen atoms in total. The van der Waals surface area contributed by atoms with Crippen molar-refractivity contribution in [2.75, 3.05) is 27.3 Å². The highest BCUT2D eigenvalue weighted by Gasteiger charge is 2.14. The molecule has 1 aliphatic heterocycles. The molecule has 84 valence electrons. The third-order valence-electron chi connectivity index (χ3n) is 2.17. The number of nitrogens with zero attached hydrogens (tertiary/aromatic N) is 1. The molecule has 1 aliphatic rings. The van der Waals surface area contributed by atoms with Crippen molar-refractivity contribution in [2.45, 2.75) is 39.0 Å². The average molecular weight is 201 g/mol. The van der Waals surface area contributed by atoms with Gasteiger partial charge in [0.15, 0.2) is 0 Å². The third kappa shape index (κ3) is 5.97. The average Bonchev–Trinajstić information content (AvgIpc) is 2.21. The van der Waals surface area contributed by atoms with Crippen molar-refractivity contribution in [2.24, 2.45) is 0 Å². The van der Waals surface area contributed by atoms with Gasteiger partial charge in [-0.2, -0.15) is 0 Å². The van der Waals surface area contributed by atoms with Gasteiger partial charge < -0.3 is 9.64 Å². The van der Waals surface area contributed by atoms with Gasteiger partial charge in [0.05, 0.1) is 0 Å². The molecule has 0 aliphatic carbocycles. The van der Waals surface area contributed by atoms with Crippen molar-refractivity contribution in [3.05, 3.63) is 0 Å². The maximum atomic E-state index is 11.3. The summed E-state index contributed by atoms with van der Waals surface area (Å²) in [6.45, 7) is 4.06. The summed E-state index contributed by atoms with van der Waals surface area (Å²) in [5, 5.41) is 0. The second kappa shape index (κ2) is 9.00. The van der Waals surface area contributed by atoms with Crippen LogP contribution in [-0.2, 0) is 9.53 Å².